The molecular formula is C23H24N2O4. The van der Waals surface area contributed by atoms with Crippen molar-refractivity contribution in [1.29, 1.82) is 0 Å². The van der Waals surface area contributed by atoms with Gasteiger partial charge in [-0.15, -0.1) is 0 Å². The fourth-order valence-corrected chi connectivity index (χ4v) is 4.06. The van der Waals surface area contributed by atoms with E-state index in [0.717, 1.165) is 6.42 Å². The fourth-order valence-electron chi connectivity index (χ4n) is 4.06. The van der Waals surface area contributed by atoms with Gasteiger partial charge in [-0.3, -0.25) is 4.79 Å². The van der Waals surface area contributed by atoms with Crippen LogP contribution in [0.15, 0.2) is 53.1 Å². The summed E-state index contributed by atoms with van der Waals surface area (Å²) in [5, 5.41) is 0.681. The molecule has 1 saturated heterocycles. The van der Waals surface area contributed by atoms with Crippen molar-refractivity contribution in [2.24, 2.45) is 11.8 Å². The normalized spacial score (nSPS) is 19.3. The molecule has 1 fully saturated rings. The van der Waals surface area contributed by atoms with Gasteiger partial charge in [0.05, 0.1) is 17.3 Å². The maximum atomic E-state index is 12.8. The van der Waals surface area contributed by atoms with Crippen molar-refractivity contribution >= 4 is 22.8 Å². The number of hydrogen-bond acceptors (Lipinski definition) is 5. The van der Waals surface area contributed by atoms with Crippen LogP contribution in [0.1, 0.15) is 30.6 Å². The van der Waals surface area contributed by atoms with Crippen LogP contribution in [0.25, 0.3) is 22.4 Å². The second-order valence-electron chi connectivity index (χ2n) is 7.87. The summed E-state index contributed by atoms with van der Waals surface area (Å²) in [7, 11) is 0. The molecule has 3 heterocycles. The van der Waals surface area contributed by atoms with Gasteiger partial charge in [-0.2, -0.15) is 0 Å². The van der Waals surface area contributed by atoms with E-state index < -0.39 is 5.97 Å². The van der Waals surface area contributed by atoms with Gasteiger partial charge in [-0.25, -0.2) is 9.78 Å². The molecule has 0 aliphatic carbocycles. The lowest BCUT2D eigenvalue weighted by atomic mass is 9.92. The molecule has 0 N–H and O–H groups in total. The number of furan rings is 1. The molecule has 1 aliphatic heterocycles. The summed E-state index contributed by atoms with van der Waals surface area (Å²) in [4.78, 5) is 31.8. The zero-order valence-corrected chi connectivity index (χ0v) is 16.6. The zero-order valence-electron chi connectivity index (χ0n) is 16.6. The van der Waals surface area contributed by atoms with E-state index in [4.69, 9.17) is 9.15 Å². The number of aromatic nitrogens is 1. The molecule has 1 aromatic carbocycles. The largest absolute Gasteiger partial charge is 0.463 e. The van der Waals surface area contributed by atoms with E-state index in [9.17, 15) is 9.59 Å². The molecule has 0 spiro atoms. The number of para-hydroxylation sites is 1. The topological polar surface area (TPSA) is 72.6 Å². The Hall–Kier alpha value is -3.15. The van der Waals surface area contributed by atoms with Gasteiger partial charge in [0.15, 0.2) is 12.4 Å². The Kier molecular flexibility index (Phi) is 5.34. The van der Waals surface area contributed by atoms with E-state index in [2.05, 4.69) is 18.8 Å². The lowest BCUT2D eigenvalue weighted by Crippen LogP contribution is -2.44. The third kappa shape index (κ3) is 4.16. The summed E-state index contributed by atoms with van der Waals surface area (Å²) in [6.07, 6.45) is 2.67. The second kappa shape index (κ2) is 8.07. The molecule has 6 heteroatoms. The van der Waals surface area contributed by atoms with Gasteiger partial charge in [-0.1, -0.05) is 32.0 Å². The molecule has 1 amide bonds. The number of nitrogens with zero attached hydrogens (tertiary/aromatic N) is 2. The molecule has 2 aromatic heterocycles. The molecule has 2 atom stereocenters. The summed E-state index contributed by atoms with van der Waals surface area (Å²) in [5.74, 6) is 0.790. The minimum atomic E-state index is -0.539. The average Bonchev–Trinajstić information content (AvgIpc) is 3.25. The van der Waals surface area contributed by atoms with Crippen LogP contribution in [0.5, 0.6) is 0 Å². The highest BCUT2D eigenvalue weighted by atomic mass is 16.5. The van der Waals surface area contributed by atoms with Gasteiger partial charge in [-0.05, 0) is 42.5 Å². The third-order valence-electron chi connectivity index (χ3n) is 5.26. The van der Waals surface area contributed by atoms with Crippen LogP contribution in [0.2, 0.25) is 0 Å². The van der Waals surface area contributed by atoms with Crippen molar-refractivity contribution in [2.45, 2.75) is 20.3 Å². The van der Waals surface area contributed by atoms with Gasteiger partial charge in [0.1, 0.15) is 5.69 Å². The zero-order chi connectivity index (χ0) is 20.4. The maximum Gasteiger partial charge on any atom is 0.339 e. The van der Waals surface area contributed by atoms with Gasteiger partial charge < -0.3 is 14.1 Å². The Labute approximate surface area is 169 Å². The standard InChI is InChI=1S/C23H24N2O4/c1-15-10-16(2)13-25(12-15)22(26)14-29-23(27)18-11-20(21-8-5-9-28-21)24-19-7-4-3-6-17(18)19/h3-9,11,15-16H,10,12-14H2,1-2H3/t15-,16-/m1/s1. The van der Waals surface area contributed by atoms with Crippen LogP contribution in [0.4, 0.5) is 0 Å². The Bertz CT molecular complexity index is 1020. The Morgan fingerprint density at radius 2 is 1.90 bits per heavy atom. The predicted molar refractivity (Wildman–Crippen MR) is 109 cm³/mol. The van der Waals surface area contributed by atoms with E-state index in [1.165, 1.54) is 0 Å². The number of piperidine rings is 1. The predicted octanol–water partition coefficient (Wildman–Crippen LogP) is 4.16. The van der Waals surface area contributed by atoms with Crippen molar-refractivity contribution in [1.82, 2.24) is 9.88 Å². The van der Waals surface area contributed by atoms with E-state index in [0.29, 0.717) is 52.8 Å². The van der Waals surface area contributed by atoms with Gasteiger partial charge in [0.2, 0.25) is 0 Å². The van der Waals surface area contributed by atoms with Crippen molar-refractivity contribution in [3.05, 3.63) is 54.3 Å². The van der Waals surface area contributed by atoms with Gasteiger partial charge in [0, 0.05) is 18.5 Å². The van der Waals surface area contributed by atoms with Crippen molar-refractivity contribution < 1.29 is 18.7 Å². The Morgan fingerprint density at radius 1 is 1.14 bits per heavy atom. The molecule has 0 bridgehead atoms. The summed E-state index contributed by atoms with van der Waals surface area (Å²) in [5.41, 5.74) is 1.58. The number of hydrogen-bond donors (Lipinski definition) is 0. The number of esters is 1. The average molecular weight is 392 g/mol. The Balaban J connectivity index is 1.54. The number of likely N-dealkylation sites (tertiary alicyclic amines) is 1. The molecule has 0 saturated carbocycles. The smallest absolute Gasteiger partial charge is 0.339 e. The monoisotopic (exact) mass is 392 g/mol. The number of amides is 1. The van der Waals surface area contributed by atoms with Crippen LogP contribution in [0, 0.1) is 11.8 Å². The van der Waals surface area contributed by atoms with E-state index in [-0.39, 0.29) is 12.5 Å². The SMILES string of the molecule is C[C@@H]1C[C@@H](C)CN(C(=O)COC(=O)c2cc(-c3ccco3)nc3ccccc23)C1. The fraction of sp³-hybridized carbons (Fsp3) is 0.348. The number of carbonyl (C=O) groups is 2. The van der Waals surface area contributed by atoms with Gasteiger partial charge >= 0.3 is 5.97 Å². The molecule has 6 nitrogen and oxygen atoms in total. The highest BCUT2D eigenvalue weighted by molar-refractivity contribution is 6.05. The third-order valence-corrected chi connectivity index (χ3v) is 5.26. The first-order chi connectivity index (χ1) is 14.0. The summed E-state index contributed by atoms with van der Waals surface area (Å²) >= 11 is 0. The van der Waals surface area contributed by atoms with E-state index in [1.807, 2.05) is 24.3 Å². The number of pyridine rings is 1. The summed E-state index contributed by atoms with van der Waals surface area (Å²) in [6, 6.07) is 12.6. The van der Waals surface area contributed by atoms with Crippen LogP contribution >= 0.6 is 0 Å². The Morgan fingerprint density at radius 3 is 2.62 bits per heavy atom. The first-order valence-electron chi connectivity index (χ1n) is 9.90. The number of ether oxygens (including phenoxy) is 1. The number of benzene rings is 1. The molecule has 0 unspecified atom stereocenters. The van der Waals surface area contributed by atoms with Crippen molar-refractivity contribution in [3.63, 3.8) is 0 Å². The lowest BCUT2D eigenvalue weighted by Gasteiger charge is -2.34. The highest BCUT2D eigenvalue weighted by Crippen LogP contribution is 2.26. The first kappa shape index (κ1) is 19.2. The van der Waals surface area contributed by atoms with E-state index in [1.54, 1.807) is 29.4 Å². The molecule has 1 aliphatic rings. The highest BCUT2D eigenvalue weighted by Gasteiger charge is 2.26. The molecular weight excluding hydrogens is 368 g/mol. The van der Waals surface area contributed by atoms with Gasteiger partial charge in [0.25, 0.3) is 5.91 Å². The maximum absolute atomic E-state index is 12.8. The van der Waals surface area contributed by atoms with Crippen LogP contribution in [0.3, 0.4) is 0 Å². The second-order valence-corrected chi connectivity index (χ2v) is 7.87. The lowest BCUT2D eigenvalue weighted by molar-refractivity contribution is -0.137. The molecule has 4 rings (SSSR count). The summed E-state index contributed by atoms with van der Waals surface area (Å²) in [6.45, 7) is 5.44. The van der Waals surface area contributed by atoms with Crippen molar-refractivity contribution in [3.8, 4) is 11.5 Å². The molecule has 0 radical (unpaired) electrons. The van der Waals surface area contributed by atoms with Crippen LogP contribution in [-0.2, 0) is 9.53 Å². The summed E-state index contributed by atoms with van der Waals surface area (Å²) < 4.78 is 10.8. The minimum absolute atomic E-state index is 0.152. The molecule has 29 heavy (non-hydrogen) atoms. The van der Waals surface area contributed by atoms with Crippen LogP contribution in [-0.4, -0.2) is 41.5 Å². The minimum Gasteiger partial charge on any atom is -0.463 e. The quantitative estimate of drug-likeness (QED) is 0.624. The first-order valence-corrected chi connectivity index (χ1v) is 9.90. The number of carbonyl (C=O) groups excluding carboxylic acids is 2. The molecule has 3 aromatic rings. The van der Waals surface area contributed by atoms with Crippen molar-refractivity contribution in [2.75, 3.05) is 19.7 Å². The number of fused-ring (bicyclic) bond motifs is 1. The molecule has 150 valence electrons. The van der Waals surface area contributed by atoms with E-state index >= 15 is 0 Å². The number of rotatable bonds is 4. The van der Waals surface area contributed by atoms with Crippen LogP contribution < -0.4 is 0 Å².